The number of piperidine rings is 1. The molecule has 6 rings (SSSR count). The molecule has 5 heterocycles. The summed E-state index contributed by atoms with van der Waals surface area (Å²) < 4.78 is 34.7. The third kappa shape index (κ3) is 4.84. The number of hydrogen-bond donors (Lipinski definition) is 1. The summed E-state index contributed by atoms with van der Waals surface area (Å²) in [6.45, 7) is 3.78. The van der Waals surface area contributed by atoms with Gasteiger partial charge < -0.3 is 4.74 Å². The topological polar surface area (TPSA) is 84.2 Å². The van der Waals surface area contributed by atoms with Crippen molar-refractivity contribution in [3.63, 3.8) is 0 Å². The second kappa shape index (κ2) is 9.64. The lowest BCUT2D eigenvalue weighted by atomic mass is 10.1. The molecule has 4 aromatic heterocycles. The molecule has 1 fully saturated rings. The first-order valence-electron chi connectivity index (χ1n) is 12.1. The van der Waals surface area contributed by atoms with E-state index in [0.717, 1.165) is 37.9 Å². The molecular formula is C26H25F2N7OS. The summed E-state index contributed by atoms with van der Waals surface area (Å²) in [7, 11) is 0. The van der Waals surface area contributed by atoms with Gasteiger partial charge in [-0.2, -0.15) is 10.2 Å². The normalized spacial score (nSPS) is 15.9. The Morgan fingerprint density at radius 1 is 1.14 bits per heavy atom. The Labute approximate surface area is 216 Å². The molecule has 1 saturated heterocycles. The molecule has 0 unspecified atom stereocenters. The highest BCUT2D eigenvalue weighted by molar-refractivity contribution is 7.19. The number of likely N-dealkylation sites (tertiary alicyclic amines) is 1. The smallest absolute Gasteiger partial charge is 0.250 e. The van der Waals surface area contributed by atoms with Crippen LogP contribution in [0.15, 0.2) is 55.0 Å². The third-order valence-electron chi connectivity index (χ3n) is 6.56. The minimum absolute atomic E-state index is 0.0910. The van der Waals surface area contributed by atoms with Gasteiger partial charge in [0.05, 0.1) is 27.3 Å². The molecule has 0 aliphatic carbocycles. The van der Waals surface area contributed by atoms with Gasteiger partial charge in [0.15, 0.2) is 5.82 Å². The first kappa shape index (κ1) is 23.7. The predicted octanol–water partition coefficient (Wildman–Crippen LogP) is 5.33. The van der Waals surface area contributed by atoms with Crippen molar-refractivity contribution in [2.75, 3.05) is 26.2 Å². The molecule has 0 bridgehead atoms. The first-order valence-corrected chi connectivity index (χ1v) is 12.9. The lowest BCUT2D eigenvalue weighted by molar-refractivity contribution is -0.0564. The number of thiazole rings is 1. The highest BCUT2D eigenvalue weighted by Gasteiger charge is 2.33. The second-order valence-electron chi connectivity index (χ2n) is 9.10. The number of H-pyrrole nitrogens is 1. The van der Waals surface area contributed by atoms with Crippen molar-refractivity contribution in [2.45, 2.75) is 25.7 Å². The number of hydrogen-bond acceptors (Lipinski definition) is 7. The summed E-state index contributed by atoms with van der Waals surface area (Å²) in [6, 6.07) is 13.8. The second-order valence-corrected chi connectivity index (χ2v) is 10.1. The van der Waals surface area contributed by atoms with Gasteiger partial charge in [-0.3, -0.25) is 10.00 Å². The fourth-order valence-corrected chi connectivity index (χ4v) is 5.73. The van der Waals surface area contributed by atoms with E-state index >= 15 is 0 Å². The fraction of sp³-hybridized carbons (Fsp3) is 0.308. The van der Waals surface area contributed by atoms with Crippen LogP contribution in [0.5, 0.6) is 5.75 Å². The van der Waals surface area contributed by atoms with Gasteiger partial charge >= 0.3 is 0 Å². The number of halogens is 2. The number of alkyl halides is 2. The van der Waals surface area contributed by atoms with Crippen LogP contribution in [0, 0.1) is 6.92 Å². The van der Waals surface area contributed by atoms with Crippen LogP contribution in [-0.4, -0.2) is 66.8 Å². The number of nitrogens with one attached hydrogen (secondary N) is 1. The van der Waals surface area contributed by atoms with Crippen LogP contribution in [0.25, 0.3) is 38.0 Å². The summed E-state index contributed by atoms with van der Waals surface area (Å²) in [5.41, 5.74) is 4.48. The van der Waals surface area contributed by atoms with E-state index in [0.29, 0.717) is 37.8 Å². The van der Waals surface area contributed by atoms with Gasteiger partial charge in [0.1, 0.15) is 23.7 Å². The molecule has 0 spiro atoms. The van der Waals surface area contributed by atoms with E-state index in [1.807, 2.05) is 65.0 Å². The molecule has 0 saturated carbocycles. The number of aromatic nitrogens is 6. The van der Waals surface area contributed by atoms with Crippen molar-refractivity contribution in [1.82, 2.24) is 34.7 Å². The van der Waals surface area contributed by atoms with Gasteiger partial charge in [-0.05, 0) is 13.0 Å². The SMILES string of the molecule is Cc1nn2ccc(OCCN3CCC(F)(F)CC3)cc2c1-c1nc(-c2ccccc2)c(-c2ncn[nH]2)s1. The van der Waals surface area contributed by atoms with Crippen LogP contribution in [0.1, 0.15) is 18.5 Å². The lowest BCUT2D eigenvalue weighted by Gasteiger charge is -2.31. The van der Waals surface area contributed by atoms with Gasteiger partial charge in [-0.1, -0.05) is 30.3 Å². The Morgan fingerprint density at radius 3 is 2.70 bits per heavy atom. The standard InChI is InChI=1S/C26H25F2N7OS/c1-17-21(25-31-22(18-5-3-2-4-6-18)23(37-25)24-29-16-30-32-24)20-15-19(7-10-35(20)33-17)36-14-13-34-11-8-26(27,28)9-12-34/h2-7,10,15-16H,8-9,11-14H2,1H3,(H,29,30,32). The number of aryl methyl sites for hydroxylation is 1. The summed E-state index contributed by atoms with van der Waals surface area (Å²) in [5, 5.41) is 12.5. The fourth-order valence-electron chi connectivity index (χ4n) is 4.59. The zero-order chi connectivity index (χ0) is 25.4. The molecule has 1 aliphatic rings. The molecule has 5 aromatic rings. The monoisotopic (exact) mass is 521 g/mol. The number of pyridine rings is 1. The van der Waals surface area contributed by atoms with Crippen LogP contribution < -0.4 is 4.74 Å². The Kier molecular flexibility index (Phi) is 6.17. The highest BCUT2D eigenvalue weighted by Crippen LogP contribution is 2.41. The largest absolute Gasteiger partial charge is 0.492 e. The third-order valence-corrected chi connectivity index (χ3v) is 7.64. The summed E-state index contributed by atoms with van der Waals surface area (Å²) >= 11 is 1.53. The average Bonchev–Trinajstić information content (AvgIpc) is 3.63. The van der Waals surface area contributed by atoms with Gasteiger partial charge in [-0.25, -0.2) is 23.3 Å². The molecule has 1 aliphatic heterocycles. The molecule has 1 aromatic carbocycles. The van der Waals surface area contributed by atoms with E-state index in [-0.39, 0.29) is 12.8 Å². The van der Waals surface area contributed by atoms with Crippen LogP contribution in [0.2, 0.25) is 0 Å². The number of rotatable bonds is 7. The van der Waals surface area contributed by atoms with Gasteiger partial charge in [0.2, 0.25) is 0 Å². The van der Waals surface area contributed by atoms with E-state index in [4.69, 9.17) is 9.72 Å². The van der Waals surface area contributed by atoms with Crippen molar-refractivity contribution in [2.24, 2.45) is 0 Å². The Morgan fingerprint density at radius 2 is 1.95 bits per heavy atom. The van der Waals surface area contributed by atoms with E-state index in [2.05, 4.69) is 20.3 Å². The van der Waals surface area contributed by atoms with E-state index in [1.54, 1.807) is 0 Å². The van der Waals surface area contributed by atoms with Crippen LogP contribution >= 0.6 is 11.3 Å². The quantitative estimate of drug-likeness (QED) is 0.312. The van der Waals surface area contributed by atoms with Crippen LogP contribution in [-0.2, 0) is 0 Å². The number of nitrogens with zero attached hydrogens (tertiary/aromatic N) is 6. The molecule has 1 N–H and O–H groups in total. The highest BCUT2D eigenvalue weighted by atomic mass is 32.1. The average molecular weight is 522 g/mol. The van der Waals surface area contributed by atoms with Crippen molar-refractivity contribution in [3.8, 4) is 38.3 Å². The van der Waals surface area contributed by atoms with E-state index in [9.17, 15) is 8.78 Å². The Bertz CT molecular complexity index is 1510. The van der Waals surface area contributed by atoms with Crippen molar-refractivity contribution in [1.29, 1.82) is 0 Å². The summed E-state index contributed by atoms with van der Waals surface area (Å²) in [6.07, 6.45) is 3.17. The van der Waals surface area contributed by atoms with Gasteiger partial charge in [-0.15, -0.1) is 11.3 Å². The number of benzene rings is 1. The molecule has 0 atom stereocenters. The predicted molar refractivity (Wildman–Crippen MR) is 138 cm³/mol. The Hall–Kier alpha value is -3.70. The molecule has 0 amide bonds. The maximum atomic E-state index is 13.4. The summed E-state index contributed by atoms with van der Waals surface area (Å²) in [5.74, 6) is -1.18. The number of aromatic amines is 1. The minimum atomic E-state index is -2.54. The number of ether oxygens (including phenoxy) is 1. The molecule has 8 nitrogen and oxygen atoms in total. The molecular weight excluding hydrogens is 496 g/mol. The van der Waals surface area contributed by atoms with E-state index in [1.165, 1.54) is 17.7 Å². The van der Waals surface area contributed by atoms with Gasteiger partial charge in [0, 0.05) is 50.3 Å². The van der Waals surface area contributed by atoms with Crippen molar-refractivity contribution < 1.29 is 13.5 Å². The maximum Gasteiger partial charge on any atom is 0.250 e. The van der Waals surface area contributed by atoms with Crippen LogP contribution in [0.3, 0.4) is 0 Å². The van der Waals surface area contributed by atoms with Crippen molar-refractivity contribution in [3.05, 3.63) is 60.7 Å². The first-order chi connectivity index (χ1) is 18.0. The zero-order valence-corrected chi connectivity index (χ0v) is 21.0. The minimum Gasteiger partial charge on any atom is -0.492 e. The summed E-state index contributed by atoms with van der Waals surface area (Å²) in [4.78, 5) is 12.3. The molecule has 11 heteroatoms. The van der Waals surface area contributed by atoms with E-state index < -0.39 is 5.92 Å². The molecule has 190 valence electrons. The zero-order valence-electron chi connectivity index (χ0n) is 20.2. The number of fused-ring (bicyclic) bond motifs is 1. The van der Waals surface area contributed by atoms with Gasteiger partial charge in [0.25, 0.3) is 5.92 Å². The maximum absolute atomic E-state index is 13.4. The van der Waals surface area contributed by atoms with Crippen molar-refractivity contribution >= 4 is 16.9 Å². The Balaban J connectivity index is 1.29. The molecule has 0 radical (unpaired) electrons. The van der Waals surface area contributed by atoms with Crippen LogP contribution in [0.4, 0.5) is 8.78 Å². The lowest BCUT2D eigenvalue weighted by Crippen LogP contribution is -2.41. The molecule has 37 heavy (non-hydrogen) atoms.